The molecule has 3 rings (SSSR count). The van der Waals surface area contributed by atoms with Crippen molar-refractivity contribution in [2.24, 2.45) is 0 Å². The summed E-state index contributed by atoms with van der Waals surface area (Å²) < 4.78 is 16.9. The van der Waals surface area contributed by atoms with Crippen LogP contribution in [0.4, 0.5) is 16.0 Å². The molecule has 0 fully saturated rings. The Morgan fingerprint density at radius 3 is 2.72 bits per heavy atom. The number of hydrogen-bond acceptors (Lipinski definition) is 5. The average molecular weight is 506 g/mol. The first-order valence-corrected chi connectivity index (χ1v) is 9.55. The number of amides is 1. The molecule has 0 saturated heterocycles. The Balaban J connectivity index is 1.74. The van der Waals surface area contributed by atoms with Gasteiger partial charge in [0.2, 0.25) is 5.91 Å². The molecule has 0 aliphatic heterocycles. The maximum absolute atomic E-state index is 13.9. The number of nitro groups is 1. The van der Waals surface area contributed by atoms with E-state index in [4.69, 9.17) is 23.2 Å². The molecular weight excluding hydrogens is 494 g/mol. The van der Waals surface area contributed by atoms with E-state index in [1.807, 2.05) is 0 Å². The lowest BCUT2D eigenvalue weighted by molar-refractivity contribution is -0.389. The number of anilines is 1. The Morgan fingerprint density at radius 1 is 1.38 bits per heavy atom. The van der Waals surface area contributed by atoms with Gasteiger partial charge in [0.15, 0.2) is 10.8 Å². The van der Waals surface area contributed by atoms with E-state index in [2.05, 4.69) is 31.4 Å². The van der Waals surface area contributed by atoms with E-state index in [1.54, 1.807) is 12.3 Å². The largest absolute Gasteiger partial charge is 0.408 e. The minimum Gasteiger partial charge on any atom is -0.358 e. The number of halogens is 4. The predicted octanol–water partition coefficient (Wildman–Crippen LogP) is 4.19. The number of carbonyl (C=O) groups is 1. The van der Waals surface area contributed by atoms with Gasteiger partial charge in [0, 0.05) is 16.8 Å². The summed E-state index contributed by atoms with van der Waals surface area (Å²) in [6, 6.07) is 4.36. The number of rotatable bonds is 6. The summed E-state index contributed by atoms with van der Waals surface area (Å²) in [5.74, 6) is -1.34. The van der Waals surface area contributed by atoms with Crippen LogP contribution in [0.25, 0.3) is 0 Å². The molecule has 1 amide bonds. The molecule has 0 saturated carbocycles. The van der Waals surface area contributed by atoms with Crippen molar-refractivity contribution in [2.75, 3.05) is 5.32 Å². The number of nitrogens with zero attached hydrogens (tertiary/aromatic N) is 5. The molecule has 0 unspecified atom stereocenters. The molecule has 0 bridgehead atoms. The third-order valence-corrected chi connectivity index (χ3v) is 5.32. The van der Waals surface area contributed by atoms with Gasteiger partial charge < -0.3 is 15.4 Å². The van der Waals surface area contributed by atoms with Gasteiger partial charge in [-0.25, -0.2) is 4.39 Å². The molecule has 1 N–H and O–H groups in total. The second-order valence-electron chi connectivity index (χ2n) is 5.91. The van der Waals surface area contributed by atoms with Crippen LogP contribution >= 0.6 is 39.1 Å². The molecule has 0 atom stereocenters. The molecule has 1 aromatic carbocycles. The van der Waals surface area contributed by atoms with E-state index >= 15 is 0 Å². The van der Waals surface area contributed by atoms with Crippen molar-refractivity contribution in [1.82, 2.24) is 19.6 Å². The predicted molar refractivity (Wildman–Crippen MR) is 108 cm³/mol. The zero-order valence-electron chi connectivity index (χ0n) is 14.7. The van der Waals surface area contributed by atoms with Crippen molar-refractivity contribution in [3.8, 4) is 0 Å². The number of nitrogens with one attached hydrogen (secondary N) is 1. The zero-order chi connectivity index (χ0) is 21.3. The highest BCUT2D eigenvalue weighted by molar-refractivity contribution is 9.10. The Hall–Kier alpha value is -2.50. The summed E-state index contributed by atoms with van der Waals surface area (Å²) >= 11 is 15.2. The second kappa shape index (κ2) is 8.47. The minimum absolute atomic E-state index is 0.0556. The van der Waals surface area contributed by atoms with E-state index in [9.17, 15) is 19.3 Å². The van der Waals surface area contributed by atoms with Gasteiger partial charge >= 0.3 is 5.82 Å². The van der Waals surface area contributed by atoms with Gasteiger partial charge in [-0.05, 0) is 39.9 Å². The highest BCUT2D eigenvalue weighted by Crippen LogP contribution is 2.27. The van der Waals surface area contributed by atoms with Gasteiger partial charge in [0.25, 0.3) is 0 Å². The van der Waals surface area contributed by atoms with E-state index < -0.39 is 22.5 Å². The van der Waals surface area contributed by atoms with Crippen LogP contribution in [-0.2, 0) is 17.9 Å². The summed E-state index contributed by atoms with van der Waals surface area (Å²) in [6.45, 7) is 1.26. The van der Waals surface area contributed by atoms with Gasteiger partial charge in [0.05, 0.1) is 21.8 Å². The maximum Gasteiger partial charge on any atom is 0.408 e. The van der Waals surface area contributed by atoms with Crippen LogP contribution in [0.3, 0.4) is 0 Å². The number of benzene rings is 1. The summed E-state index contributed by atoms with van der Waals surface area (Å²) in [7, 11) is 0. The Bertz CT molecular complexity index is 1100. The summed E-state index contributed by atoms with van der Waals surface area (Å²) in [6.07, 6.45) is 1.55. The van der Waals surface area contributed by atoms with Crippen LogP contribution in [0.5, 0.6) is 0 Å². The van der Waals surface area contributed by atoms with Crippen LogP contribution in [-0.4, -0.2) is 30.4 Å². The Labute approximate surface area is 181 Å². The van der Waals surface area contributed by atoms with Gasteiger partial charge in [-0.15, -0.1) is 0 Å². The minimum atomic E-state index is -0.726. The van der Waals surface area contributed by atoms with E-state index in [-0.39, 0.29) is 40.2 Å². The molecule has 29 heavy (non-hydrogen) atoms. The SMILES string of the molecule is Cc1c(Cl)c([N+](=O)[O-])nn1CC(=O)Nc1nn(Cc2c(F)cccc2Cl)cc1Br. The van der Waals surface area contributed by atoms with Gasteiger partial charge in [0.1, 0.15) is 12.4 Å². The Kier molecular flexibility index (Phi) is 6.20. The average Bonchev–Trinajstić information content (AvgIpc) is 3.12. The summed E-state index contributed by atoms with van der Waals surface area (Å²) in [5.41, 5.74) is 0.545. The van der Waals surface area contributed by atoms with Crippen LogP contribution in [0.2, 0.25) is 10.0 Å². The number of aromatic nitrogens is 4. The third kappa shape index (κ3) is 4.57. The zero-order valence-corrected chi connectivity index (χ0v) is 17.8. The molecular formula is C16H12BrCl2FN6O3. The fraction of sp³-hybridized carbons (Fsp3) is 0.188. The van der Waals surface area contributed by atoms with E-state index in [0.29, 0.717) is 4.47 Å². The third-order valence-electron chi connectivity index (χ3n) is 3.94. The second-order valence-corrected chi connectivity index (χ2v) is 7.55. The highest BCUT2D eigenvalue weighted by Gasteiger charge is 2.25. The van der Waals surface area contributed by atoms with E-state index in [0.717, 1.165) is 4.68 Å². The lowest BCUT2D eigenvalue weighted by atomic mass is 10.2. The molecule has 0 aliphatic carbocycles. The summed E-state index contributed by atoms with van der Waals surface area (Å²) in [4.78, 5) is 22.5. The number of carbonyl (C=O) groups excluding carboxylic acids is 1. The van der Waals surface area contributed by atoms with Crippen LogP contribution in [0.15, 0.2) is 28.9 Å². The Morgan fingerprint density at radius 2 is 2.10 bits per heavy atom. The van der Waals surface area contributed by atoms with Crippen molar-refractivity contribution in [3.63, 3.8) is 0 Å². The maximum atomic E-state index is 13.9. The molecule has 2 heterocycles. The van der Waals surface area contributed by atoms with Crippen LogP contribution in [0.1, 0.15) is 11.3 Å². The molecule has 13 heteroatoms. The van der Waals surface area contributed by atoms with Crippen molar-refractivity contribution in [3.05, 3.63) is 66.1 Å². The van der Waals surface area contributed by atoms with Crippen LogP contribution in [0, 0.1) is 22.9 Å². The van der Waals surface area contributed by atoms with Gasteiger partial charge in [-0.1, -0.05) is 29.3 Å². The molecule has 9 nitrogen and oxygen atoms in total. The quantitative estimate of drug-likeness (QED) is 0.399. The van der Waals surface area contributed by atoms with Crippen molar-refractivity contribution in [2.45, 2.75) is 20.0 Å². The normalized spacial score (nSPS) is 10.9. The summed E-state index contributed by atoms with van der Waals surface area (Å²) in [5, 5.41) is 21.5. The van der Waals surface area contributed by atoms with Gasteiger partial charge in [-0.2, -0.15) is 9.78 Å². The standard InChI is InChI=1S/C16H12BrCl2FN6O3/c1-8-14(19)16(26(28)29)23-25(8)7-13(27)21-15-10(17)6-24(22-15)5-9-11(18)3-2-4-12(9)20/h2-4,6H,5,7H2,1H3,(H,21,22,27). The fourth-order valence-electron chi connectivity index (χ4n) is 2.49. The molecule has 152 valence electrons. The van der Waals surface area contributed by atoms with Crippen LogP contribution < -0.4 is 5.32 Å². The topological polar surface area (TPSA) is 108 Å². The highest BCUT2D eigenvalue weighted by atomic mass is 79.9. The van der Waals surface area contributed by atoms with Crippen molar-refractivity contribution in [1.29, 1.82) is 0 Å². The monoisotopic (exact) mass is 504 g/mol. The molecule has 2 aromatic heterocycles. The van der Waals surface area contributed by atoms with E-state index in [1.165, 1.54) is 23.7 Å². The smallest absolute Gasteiger partial charge is 0.358 e. The fourth-order valence-corrected chi connectivity index (χ4v) is 3.34. The molecule has 0 radical (unpaired) electrons. The van der Waals surface area contributed by atoms with Crippen molar-refractivity contribution >= 4 is 56.7 Å². The molecule has 3 aromatic rings. The number of hydrogen-bond donors (Lipinski definition) is 1. The lowest BCUT2D eigenvalue weighted by Crippen LogP contribution is -2.21. The van der Waals surface area contributed by atoms with Gasteiger partial charge in [-0.3, -0.25) is 9.48 Å². The first-order valence-electron chi connectivity index (χ1n) is 8.00. The lowest BCUT2D eigenvalue weighted by Gasteiger charge is -2.06. The molecule has 0 spiro atoms. The first-order chi connectivity index (χ1) is 13.7. The van der Waals surface area contributed by atoms with Crippen molar-refractivity contribution < 1.29 is 14.1 Å². The molecule has 0 aliphatic rings. The first kappa shape index (κ1) is 21.2.